The molecule has 0 bridgehead atoms. The van der Waals surface area contributed by atoms with Crippen LogP contribution in [0.3, 0.4) is 0 Å². The number of nitrogens with two attached hydrogens (primary N) is 1. The number of nitro groups is 1. The maximum absolute atomic E-state index is 13.3. The Balaban J connectivity index is 2.16. The molecule has 0 aliphatic heterocycles. The number of nitrogens with zero attached hydrogens (tertiary/aromatic N) is 4. The van der Waals surface area contributed by atoms with Crippen LogP contribution in [-0.2, 0) is 6.42 Å². The van der Waals surface area contributed by atoms with Gasteiger partial charge < -0.3 is 5.73 Å². The molecule has 2 amide bonds. The summed E-state index contributed by atoms with van der Waals surface area (Å²) >= 11 is 6.13. The predicted molar refractivity (Wildman–Crippen MR) is 93.5 cm³/mol. The minimum atomic E-state index is -2.63. The summed E-state index contributed by atoms with van der Waals surface area (Å²) in [5.41, 5.74) is 5.29. The highest BCUT2D eigenvalue weighted by Crippen LogP contribution is 2.40. The van der Waals surface area contributed by atoms with Crippen LogP contribution in [0.2, 0.25) is 5.15 Å². The number of halogens is 3. The van der Waals surface area contributed by atoms with E-state index in [1.807, 2.05) is 0 Å². The Morgan fingerprint density at radius 1 is 1.37 bits per heavy atom. The van der Waals surface area contributed by atoms with Gasteiger partial charge in [0, 0.05) is 17.5 Å². The molecule has 1 aromatic heterocycles. The minimum Gasteiger partial charge on any atom is -0.351 e. The molecule has 11 heteroatoms. The van der Waals surface area contributed by atoms with Crippen LogP contribution in [0.4, 0.5) is 30.9 Å². The molecular formula is C16H14ClF2N5O3. The number of hydrogen-bond donors (Lipinski definition) is 1. The summed E-state index contributed by atoms with van der Waals surface area (Å²) in [6, 6.07) is 4.33. The highest BCUT2D eigenvalue weighted by Gasteiger charge is 2.34. The molecule has 0 fully saturated rings. The van der Waals surface area contributed by atoms with Gasteiger partial charge in [-0.2, -0.15) is 4.98 Å². The number of carbonyl (C=O) groups is 1. The van der Waals surface area contributed by atoms with Crippen molar-refractivity contribution in [3.63, 3.8) is 0 Å². The third kappa shape index (κ3) is 3.52. The molecule has 2 N–H and O–H groups in total. The van der Waals surface area contributed by atoms with E-state index >= 15 is 0 Å². The van der Waals surface area contributed by atoms with E-state index in [2.05, 4.69) is 9.97 Å². The summed E-state index contributed by atoms with van der Waals surface area (Å²) in [5, 5.41) is 11.1. The Labute approximate surface area is 157 Å². The number of para-hydroxylation sites is 2. The molecule has 3 rings (SSSR count). The number of urea groups is 1. The summed E-state index contributed by atoms with van der Waals surface area (Å²) in [4.78, 5) is 31.5. The van der Waals surface area contributed by atoms with Crippen molar-refractivity contribution in [3.8, 4) is 0 Å². The molecule has 1 aromatic carbocycles. The fourth-order valence-electron chi connectivity index (χ4n) is 3.15. The smallest absolute Gasteiger partial charge is 0.326 e. The second kappa shape index (κ2) is 7.39. The Morgan fingerprint density at radius 3 is 2.70 bits per heavy atom. The van der Waals surface area contributed by atoms with Gasteiger partial charge in [0.2, 0.25) is 12.4 Å². The molecule has 1 heterocycles. The summed E-state index contributed by atoms with van der Waals surface area (Å²) in [6.45, 7) is 0. The molecule has 0 spiro atoms. The lowest BCUT2D eigenvalue weighted by Crippen LogP contribution is -2.34. The van der Waals surface area contributed by atoms with Crippen LogP contribution in [0.25, 0.3) is 0 Å². The average Bonchev–Trinajstić information content (AvgIpc) is 2.61. The van der Waals surface area contributed by atoms with Crippen molar-refractivity contribution in [3.05, 3.63) is 50.8 Å². The van der Waals surface area contributed by atoms with Gasteiger partial charge in [-0.25, -0.2) is 23.5 Å². The Morgan fingerprint density at radius 2 is 2.07 bits per heavy atom. The lowest BCUT2D eigenvalue weighted by Gasteiger charge is -2.26. The Hall–Kier alpha value is -2.88. The number of primary amides is 1. The first-order valence-electron chi connectivity index (χ1n) is 7.98. The van der Waals surface area contributed by atoms with E-state index in [0.29, 0.717) is 12.8 Å². The van der Waals surface area contributed by atoms with Crippen molar-refractivity contribution in [2.75, 3.05) is 4.90 Å². The maximum atomic E-state index is 13.3. The average molecular weight is 398 g/mol. The second-order valence-electron chi connectivity index (χ2n) is 5.93. The number of hydrogen-bond acceptors (Lipinski definition) is 5. The van der Waals surface area contributed by atoms with Gasteiger partial charge in [0.15, 0.2) is 0 Å². The number of aromatic nitrogens is 2. The van der Waals surface area contributed by atoms with Gasteiger partial charge in [0.05, 0.1) is 10.6 Å². The molecule has 2 aromatic rings. The molecule has 142 valence electrons. The van der Waals surface area contributed by atoms with E-state index in [-0.39, 0.29) is 40.2 Å². The van der Waals surface area contributed by atoms with Gasteiger partial charge in [-0.3, -0.25) is 10.1 Å². The molecular weight excluding hydrogens is 384 g/mol. The van der Waals surface area contributed by atoms with Gasteiger partial charge in [0.25, 0.3) is 5.69 Å². The van der Waals surface area contributed by atoms with Crippen LogP contribution < -0.4 is 10.6 Å². The maximum Gasteiger partial charge on any atom is 0.326 e. The molecule has 0 radical (unpaired) electrons. The van der Waals surface area contributed by atoms with E-state index in [1.165, 1.54) is 24.3 Å². The van der Waals surface area contributed by atoms with Gasteiger partial charge in [-0.15, -0.1) is 0 Å². The molecule has 0 saturated carbocycles. The fourth-order valence-corrected chi connectivity index (χ4v) is 3.47. The number of rotatable bonds is 4. The summed E-state index contributed by atoms with van der Waals surface area (Å²) in [6.07, 6.45) is -1.54. The normalized spacial score (nSPS) is 16.1. The lowest BCUT2D eigenvalue weighted by atomic mass is 9.87. The number of benzene rings is 1. The van der Waals surface area contributed by atoms with Crippen molar-refractivity contribution < 1.29 is 18.5 Å². The van der Waals surface area contributed by atoms with Gasteiger partial charge in [-0.1, -0.05) is 23.7 Å². The quantitative estimate of drug-likeness (QED) is 0.476. The van der Waals surface area contributed by atoms with Crippen LogP contribution in [0.15, 0.2) is 24.3 Å². The Kier molecular flexibility index (Phi) is 5.17. The van der Waals surface area contributed by atoms with E-state index in [4.69, 9.17) is 17.3 Å². The van der Waals surface area contributed by atoms with Gasteiger partial charge >= 0.3 is 6.03 Å². The van der Waals surface area contributed by atoms with E-state index in [0.717, 1.165) is 4.90 Å². The van der Waals surface area contributed by atoms with Crippen molar-refractivity contribution in [1.29, 1.82) is 0 Å². The standard InChI is InChI=1S/C16H14ClF2N5O3/c17-13-12-8(14(18)19)4-3-5-9(12)21-16(22-13)23(15(20)25)10-6-1-2-7-11(10)24(26)27/h1-2,6-8,14H,3-5H2,(H2,20,25). The first-order valence-corrected chi connectivity index (χ1v) is 8.36. The van der Waals surface area contributed by atoms with Crippen LogP contribution in [0.1, 0.15) is 30.0 Å². The van der Waals surface area contributed by atoms with Gasteiger partial charge in [-0.05, 0) is 25.3 Å². The third-order valence-corrected chi connectivity index (χ3v) is 4.60. The summed E-state index contributed by atoms with van der Waals surface area (Å²) in [7, 11) is 0. The number of aryl methyl sites for hydroxylation is 1. The molecule has 27 heavy (non-hydrogen) atoms. The zero-order chi connectivity index (χ0) is 19.7. The van der Waals surface area contributed by atoms with Crippen LogP contribution in [0.5, 0.6) is 0 Å². The zero-order valence-electron chi connectivity index (χ0n) is 13.8. The minimum absolute atomic E-state index is 0.146. The van der Waals surface area contributed by atoms with Crippen LogP contribution in [-0.4, -0.2) is 27.3 Å². The van der Waals surface area contributed by atoms with Crippen molar-refractivity contribution in [2.24, 2.45) is 5.73 Å². The first kappa shape index (κ1) is 18.9. The van der Waals surface area contributed by atoms with E-state index in [9.17, 15) is 23.7 Å². The second-order valence-corrected chi connectivity index (χ2v) is 6.29. The topological polar surface area (TPSA) is 115 Å². The molecule has 0 saturated heterocycles. The molecule has 1 aliphatic rings. The van der Waals surface area contributed by atoms with E-state index < -0.39 is 23.3 Å². The number of anilines is 2. The zero-order valence-corrected chi connectivity index (χ0v) is 14.6. The summed E-state index contributed by atoms with van der Waals surface area (Å²) in [5.74, 6) is -1.39. The predicted octanol–water partition coefficient (Wildman–Crippen LogP) is 3.94. The highest BCUT2D eigenvalue weighted by molar-refractivity contribution is 6.30. The molecule has 8 nitrogen and oxygen atoms in total. The lowest BCUT2D eigenvalue weighted by molar-refractivity contribution is -0.384. The van der Waals surface area contributed by atoms with Crippen molar-refractivity contribution in [1.82, 2.24) is 9.97 Å². The van der Waals surface area contributed by atoms with Crippen molar-refractivity contribution >= 4 is 35.0 Å². The third-order valence-electron chi connectivity index (χ3n) is 4.31. The number of amides is 2. The first-order chi connectivity index (χ1) is 12.8. The van der Waals surface area contributed by atoms with Crippen LogP contribution >= 0.6 is 11.6 Å². The fraction of sp³-hybridized carbons (Fsp3) is 0.312. The number of nitro benzene ring substituents is 1. The van der Waals surface area contributed by atoms with Gasteiger partial charge in [0.1, 0.15) is 10.8 Å². The SMILES string of the molecule is NC(=O)N(c1nc(Cl)c2c(n1)CCCC2C(F)F)c1ccccc1[N+](=O)[O-]. The molecule has 1 unspecified atom stereocenters. The van der Waals surface area contributed by atoms with E-state index in [1.54, 1.807) is 0 Å². The Bertz CT molecular complexity index is 912. The van der Waals surface area contributed by atoms with Crippen molar-refractivity contribution in [2.45, 2.75) is 31.6 Å². The molecule has 1 aliphatic carbocycles. The number of fused-ring (bicyclic) bond motifs is 1. The monoisotopic (exact) mass is 397 g/mol. The largest absolute Gasteiger partial charge is 0.351 e. The highest BCUT2D eigenvalue weighted by atomic mass is 35.5. The number of alkyl halides is 2. The summed E-state index contributed by atoms with van der Waals surface area (Å²) < 4.78 is 26.6. The molecule has 1 atom stereocenters. The number of carbonyl (C=O) groups excluding carboxylic acids is 1. The van der Waals surface area contributed by atoms with Crippen LogP contribution in [0, 0.1) is 10.1 Å².